The minimum Gasteiger partial charge on any atom is -0.370 e. The third-order valence-corrected chi connectivity index (χ3v) is 2.98. The maximum absolute atomic E-state index is 10.7. The highest BCUT2D eigenvalue weighted by molar-refractivity contribution is 7.85. The molecule has 1 aliphatic rings. The number of rotatable bonds is 3. The van der Waals surface area contributed by atoms with Gasteiger partial charge >= 0.3 is 0 Å². The lowest BCUT2D eigenvalue weighted by molar-refractivity contribution is 0.229. The summed E-state index contributed by atoms with van der Waals surface area (Å²) in [5.74, 6) is 0. The first-order chi connectivity index (χ1) is 6.50. The van der Waals surface area contributed by atoms with E-state index in [1.165, 1.54) is 12.5 Å². The van der Waals surface area contributed by atoms with Crippen molar-refractivity contribution in [3.8, 4) is 0 Å². The first kappa shape index (κ1) is 9.63. The van der Waals surface area contributed by atoms with Gasteiger partial charge in [0.15, 0.2) is 0 Å². The maximum Gasteiger partial charge on any atom is 0.298 e. The van der Waals surface area contributed by atoms with Gasteiger partial charge in [0.1, 0.15) is 0 Å². The van der Waals surface area contributed by atoms with Crippen LogP contribution in [0.2, 0.25) is 0 Å². The summed E-state index contributed by atoms with van der Waals surface area (Å²) in [6, 6.07) is 0.212. The monoisotopic (exact) mass is 218 g/mol. The number of aliphatic hydroxyl groups is 1. The summed E-state index contributed by atoms with van der Waals surface area (Å²) in [7, 11) is -4.46. The summed E-state index contributed by atoms with van der Waals surface area (Å²) in [6.45, 7) is 0. The highest BCUT2D eigenvalue weighted by Gasteiger charge is 2.31. The second-order valence-electron chi connectivity index (χ2n) is 3.32. The van der Waals surface area contributed by atoms with Gasteiger partial charge in [0.25, 0.3) is 10.1 Å². The first-order valence-corrected chi connectivity index (χ1v) is 5.66. The van der Waals surface area contributed by atoms with Crippen LogP contribution in [0.25, 0.3) is 0 Å². The lowest BCUT2D eigenvalue weighted by Gasteiger charge is -2.09. The first-order valence-electron chi connectivity index (χ1n) is 4.16. The van der Waals surface area contributed by atoms with Gasteiger partial charge in [-0.15, -0.1) is 0 Å². The van der Waals surface area contributed by atoms with E-state index < -0.39 is 15.6 Å². The predicted molar refractivity (Wildman–Crippen MR) is 47.0 cm³/mol. The normalized spacial score (nSPS) is 19.6. The molecule has 0 saturated heterocycles. The molecule has 1 heterocycles. The Hall–Kier alpha value is -0.920. The summed E-state index contributed by atoms with van der Waals surface area (Å²) in [5.41, 5.74) is -1.78. The van der Waals surface area contributed by atoms with E-state index in [1.807, 2.05) is 0 Å². The van der Waals surface area contributed by atoms with E-state index in [9.17, 15) is 13.5 Å². The topological polar surface area (TPSA) is 92.4 Å². The van der Waals surface area contributed by atoms with Gasteiger partial charge in [-0.1, -0.05) is 0 Å². The number of aliphatic hydroxyl groups excluding tert-OH is 1. The van der Waals surface area contributed by atoms with Gasteiger partial charge < -0.3 is 9.67 Å². The van der Waals surface area contributed by atoms with Crippen molar-refractivity contribution >= 4 is 10.1 Å². The van der Waals surface area contributed by atoms with Crippen LogP contribution in [-0.4, -0.2) is 27.6 Å². The second kappa shape index (κ2) is 3.04. The second-order valence-corrected chi connectivity index (χ2v) is 4.80. The molecule has 7 heteroatoms. The molecule has 1 aromatic heterocycles. The fourth-order valence-corrected chi connectivity index (χ4v) is 1.80. The van der Waals surface area contributed by atoms with Crippen molar-refractivity contribution in [3.05, 3.63) is 18.2 Å². The Kier molecular flexibility index (Phi) is 2.09. The molecule has 0 aromatic carbocycles. The number of aromatic nitrogens is 2. The van der Waals surface area contributed by atoms with Crippen LogP contribution in [0.3, 0.4) is 0 Å². The zero-order valence-electron chi connectivity index (χ0n) is 7.24. The molecule has 2 rings (SSSR count). The largest absolute Gasteiger partial charge is 0.370 e. The molecule has 78 valence electrons. The van der Waals surface area contributed by atoms with Crippen LogP contribution in [0, 0.1) is 0 Å². The van der Waals surface area contributed by atoms with Gasteiger partial charge in [-0.05, 0) is 12.8 Å². The van der Waals surface area contributed by atoms with Crippen LogP contribution in [-0.2, 0) is 10.1 Å². The number of hydrogen-bond donors (Lipinski definition) is 2. The summed E-state index contributed by atoms with van der Waals surface area (Å²) in [5, 5.41) is 9.30. The maximum atomic E-state index is 10.7. The number of imidazole rings is 1. The summed E-state index contributed by atoms with van der Waals surface area (Å²) >= 11 is 0. The average Bonchev–Trinajstić information content (AvgIpc) is 2.81. The van der Waals surface area contributed by atoms with Crippen molar-refractivity contribution in [2.45, 2.75) is 24.3 Å². The smallest absolute Gasteiger partial charge is 0.298 e. The van der Waals surface area contributed by atoms with Crippen LogP contribution in [0.1, 0.15) is 30.0 Å². The molecular weight excluding hydrogens is 208 g/mol. The van der Waals surface area contributed by atoms with Crippen molar-refractivity contribution in [1.82, 2.24) is 9.55 Å². The molecule has 1 aromatic rings. The Labute approximate surface area is 80.9 Å². The molecule has 0 spiro atoms. The summed E-state index contributed by atoms with van der Waals surface area (Å²) in [4.78, 5) is 3.75. The Morgan fingerprint density at radius 3 is 2.71 bits per heavy atom. The lowest BCUT2D eigenvalue weighted by atomic mass is 10.5. The van der Waals surface area contributed by atoms with Gasteiger partial charge in [0.05, 0.1) is 18.2 Å². The van der Waals surface area contributed by atoms with Crippen molar-refractivity contribution in [3.63, 3.8) is 0 Å². The molecule has 0 amide bonds. The molecule has 0 bridgehead atoms. The molecule has 1 saturated carbocycles. The average molecular weight is 218 g/mol. The third kappa shape index (κ3) is 1.66. The van der Waals surface area contributed by atoms with Crippen molar-refractivity contribution < 1.29 is 18.1 Å². The van der Waals surface area contributed by atoms with Crippen LogP contribution in [0.5, 0.6) is 0 Å². The van der Waals surface area contributed by atoms with Gasteiger partial charge in [-0.3, -0.25) is 4.55 Å². The SMILES string of the molecule is O=S(=O)(O)C(O)c1cncn1C1CC1. The summed E-state index contributed by atoms with van der Waals surface area (Å²) < 4.78 is 31.6. The van der Waals surface area contributed by atoms with E-state index in [2.05, 4.69) is 4.98 Å². The molecule has 2 N–H and O–H groups in total. The van der Waals surface area contributed by atoms with E-state index in [4.69, 9.17) is 4.55 Å². The molecule has 1 aliphatic carbocycles. The van der Waals surface area contributed by atoms with Crippen LogP contribution in [0.15, 0.2) is 12.5 Å². The Balaban J connectivity index is 2.36. The van der Waals surface area contributed by atoms with Gasteiger partial charge in [-0.25, -0.2) is 4.98 Å². The van der Waals surface area contributed by atoms with E-state index in [0.717, 1.165) is 12.8 Å². The number of nitrogens with zero attached hydrogens (tertiary/aromatic N) is 2. The molecular formula is C7H10N2O4S. The molecule has 1 unspecified atom stereocenters. The highest BCUT2D eigenvalue weighted by atomic mass is 32.2. The van der Waals surface area contributed by atoms with Crippen molar-refractivity contribution in [2.75, 3.05) is 0 Å². The predicted octanol–water partition coefficient (Wildman–Crippen LogP) is 0.0967. The van der Waals surface area contributed by atoms with E-state index >= 15 is 0 Å². The quantitative estimate of drug-likeness (QED) is 0.702. The van der Waals surface area contributed by atoms with E-state index in [-0.39, 0.29) is 11.7 Å². The van der Waals surface area contributed by atoms with Crippen LogP contribution < -0.4 is 0 Å². The number of hydrogen-bond acceptors (Lipinski definition) is 4. The Bertz CT molecular complexity index is 434. The third-order valence-electron chi connectivity index (χ3n) is 2.17. The fourth-order valence-electron chi connectivity index (χ4n) is 1.32. The van der Waals surface area contributed by atoms with Crippen molar-refractivity contribution in [1.29, 1.82) is 0 Å². The van der Waals surface area contributed by atoms with Crippen LogP contribution >= 0.6 is 0 Å². The molecule has 6 nitrogen and oxygen atoms in total. The Morgan fingerprint density at radius 2 is 2.21 bits per heavy atom. The zero-order chi connectivity index (χ0) is 10.3. The minimum absolute atomic E-state index is 0.120. The van der Waals surface area contributed by atoms with E-state index in [1.54, 1.807) is 4.57 Å². The Morgan fingerprint density at radius 1 is 1.57 bits per heavy atom. The minimum atomic E-state index is -4.46. The van der Waals surface area contributed by atoms with Crippen LogP contribution in [0.4, 0.5) is 0 Å². The van der Waals surface area contributed by atoms with Crippen molar-refractivity contribution in [2.24, 2.45) is 0 Å². The standard InChI is InChI=1S/C7H10N2O4S/c10-7(14(11,12)13)6-3-8-4-9(6)5-1-2-5/h3-5,7,10H,1-2H2,(H,11,12,13). The fraction of sp³-hybridized carbons (Fsp3) is 0.571. The molecule has 14 heavy (non-hydrogen) atoms. The molecule has 0 aliphatic heterocycles. The molecule has 1 atom stereocenters. The lowest BCUT2D eigenvalue weighted by Crippen LogP contribution is -2.15. The molecule has 1 fully saturated rings. The van der Waals surface area contributed by atoms with E-state index in [0.29, 0.717) is 0 Å². The zero-order valence-corrected chi connectivity index (χ0v) is 8.05. The highest BCUT2D eigenvalue weighted by Crippen LogP contribution is 2.37. The van der Waals surface area contributed by atoms with Gasteiger partial charge in [-0.2, -0.15) is 8.42 Å². The van der Waals surface area contributed by atoms with Gasteiger partial charge in [0.2, 0.25) is 5.44 Å². The molecule has 0 radical (unpaired) electrons. The van der Waals surface area contributed by atoms with Gasteiger partial charge in [0, 0.05) is 6.04 Å². The summed E-state index contributed by atoms with van der Waals surface area (Å²) in [6.07, 6.45) is 4.60.